The summed E-state index contributed by atoms with van der Waals surface area (Å²) in [4.78, 5) is 3.22. The molecule has 2 N–H and O–H groups in total. The van der Waals surface area contributed by atoms with Crippen molar-refractivity contribution >= 4 is 44.2 Å². The lowest BCUT2D eigenvalue weighted by atomic mass is 9.97. The number of aromatic hydroxyl groups is 1. The number of phenolic OH excluding ortho intramolecular Hbond substituents is 1. The van der Waals surface area contributed by atoms with Crippen molar-refractivity contribution in [3.63, 3.8) is 0 Å². The molecule has 0 amide bonds. The molecule has 0 aliphatic rings. The average molecular weight is 371 g/mol. The van der Waals surface area contributed by atoms with Gasteiger partial charge in [0, 0.05) is 44.5 Å². The molecule has 0 aliphatic carbocycles. The standard InChI is InChI=1S/C23H15ClN2O/c1-2-9-26-21-8-7-14(27)10-17(21)23-19-13-25-12-18(19)16(11-22(23)26)15-5-3-4-6-20(15)24/h1,3-8,10-13,25,27H,9H2. The van der Waals surface area contributed by atoms with Crippen LogP contribution in [-0.2, 0) is 6.54 Å². The quantitative estimate of drug-likeness (QED) is 0.371. The van der Waals surface area contributed by atoms with Gasteiger partial charge in [-0.25, -0.2) is 0 Å². The predicted octanol–water partition coefficient (Wildman–Crippen LogP) is 5.94. The monoisotopic (exact) mass is 370 g/mol. The first-order chi connectivity index (χ1) is 13.2. The minimum Gasteiger partial charge on any atom is -0.508 e. The van der Waals surface area contributed by atoms with Gasteiger partial charge in [-0.3, -0.25) is 0 Å². The smallest absolute Gasteiger partial charge is 0.116 e. The van der Waals surface area contributed by atoms with Crippen LogP contribution < -0.4 is 0 Å². The number of halogens is 1. The van der Waals surface area contributed by atoms with Crippen LogP contribution in [0.2, 0.25) is 5.02 Å². The SMILES string of the molecule is C#CCn1c2ccc(O)cc2c2c3c[nH]cc3c(-c3ccccc3Cl)cc21. The number of terminal acetylenes is 1. The first-order valence-electron chi connectivity index (χ1n) is 8.62. The Balaban J connectivity index is 2.02. The van der Waals surface area contributed by atoms with Crippen LogP contribution in [0, 0.1) is 12.3 Å². The summed E-state index contributed by atoms with van der Waals surface area (Å²) in [5.41, 5.74) is 4.05. The van der Waals surface area contributed by atoms with E-state index in [9.17, 15) is 5.11 Å². The van der Waals surface area contributed by atoms with Crippen LogP contribution in [0.25, 0.3) is 43.7 Å². The van der Waals surface area contributed by atoms with E-state index in [1.54, 1.807) is 12.1 Å². The Kier molecular flexibility index (Phi) is 3.43. The van der Waals surface area contributed by atoms with Crippen molar-refractivity contribution in [3.05, 3.63) is 65.9 Å². The predicted molar refractivity (Wildman–Crippen MR) is 112 cm³/mol. The molecule has 2 aromatic heterocycles. The molecule has 0 spiro atoms. The second-order valence-electron chi connectivity index (χ2n) is 6.57. The largest absolute Gasteiger partial charge is 0.508 e. The maximum atomic E-state index is 10.0. The Bertz CT molecular complexity index is 1380. The van der Waals surface area contributed by atoms with Crippen molar-refractivity contribution in [2.75, 3.05) is 0 Å². The number of aromatic nitrogens is 2. The van der Waals surface area contributed by atoms with E-state index >= 15 is 0 Å². The van der Waals surface area contributed by atoms with Crippen molar-refractivity contribution in [1.82, 2.24) is 9.55 Å². The highest BCUT2D eigenvalue weighted by atomic mass is 35.5. The number of nitrogens with zero attached hydrogens (tertiary/aromatic N) is 1. The zero-order chi connectivity index (χ0) is 18.5. The first-order valence-corrected chi connectivity index (χ1v) is 8.99. The summed E-state index contributed by atoms with van der Waals surface area (Å²) in [6.07, 6.45) is 9.62. The normalized spacial score (nSPS) is 11.4. The van der Waals surface area contributed by atoms with Crippen molar-refractivity contribution in [2.45, 2.75) is 6.54 Å². The van der Waals surface area contributed by atoms with Gasteiger partial charge in [0.05, 0.1) is 17.6 Å². The van der Waals surface area contributed by atoms with Crippen LogP contribution in [0.5, 0.6) is 5.75 Å². The maximum Gasteiger partial charge on any atom is 0.116 e. The van der Waals surface area contributed by atoms with Crippen LogP contribution in [0.1, 0.15) is 0 Å². The van der Waals surface area contributed by atoms with Gasteiger partial charge in [0.2, 0.25) is 0 Å². The topological polar surface area (TPSA) is 41.0 Å². The second-order valence-corrected chi connectivity index (χ2v) is 6.98. The molecule has 0 saturated heterocycles. The molecular weight excluding hydrogens is 356 g/mol. The number of nitrogens with one attached hydrogen (secondary N) is 1. The third kappa shape index (κ3) is 2.24. The van der Waals surface area contributed by atoms with E-state index < -0.39 is 0 Å². The minimum absolute atomic E-state index is 0.237. The zero-order valence-corrected chi connectivity index (χ0v) is 15.1. The van der Waals surface area contributed by atoms with E-state index in [0.717, 1.165) is 43.7 Å². The van der Waals surface area contributed by atoms with Crippen LogP contribution in [-0.4, -0.2) is 14.7 Å². The number of hydrogen-bond acceptors (Lipinski definition) is 1. The van der Waals surface area contributed by atoms with Crippen LogP contribution in [0.15, 0.2) is 60.9 Å². The molecule has 0 fully saturated rings. The summed E-state index contributed by atoms with van der Waals surface area (Å²) in [6, 6.07) is 15.4. The summed E-state index contributed by atoms with van der Waals surface area (Å²) in [7, 11) is 0. The van der Waals surface area contributed by atoms with Crippen LogP contribution in [0.4, 0.5) is 0 Å². The lowest BCUT2D eigenvalue weighted by Crippen LogP contribution is -1.95. The number of benzene rings is 3. The molecule has 5 rings (SSSR count). The molecule has 0 unspecified atom stereocenters. The summed E-state index contributed by atoms with van der Waals surface area (Å²) >= 11 is 6.50. The Morgan fingerprint density at radius 1 is 0.963 bits per heavy atom. The Labute approximate surface area is 160 Å². The molecule has 0 atom stereocenters. The maximum absolute atomic E-state index is 10.0. The highest BCUT2D eigenvalue weighted by Crippen LogP contribution is 2.42. The molecule has 0 saturated carbocycles. The Morgan fingerprint density at radius 3 is 2.59 bits per heavy atom. The van der Waals surface area contributed by atoms with Gasteiger partial charge in [0.25, 0.3) is 0 Å². The molecular formula is C23H15ClN2O. The number of hydrogen-bond donors (Lipinski definition) is 2. The molecule has 0 bridgehead atoms. The summed E-state index contributed by atoms with van der Waals surface area (Å²) < 4.78 is 2.11. The van der Waals surface area contributed by atoms with Crippen LogP contribution in [0.3, 0.4) is 0 Å². The van der Waals surface area contributed by atoms with Gasteiger partial charge in [-0.05, 0) is 35.9 Å². The molecule has 3 nitrogen and oxygen atoms in total. The number of rotatable bonds is 2. The molecule has 0 aliphatic heterocycles. The van der Waals surface area contributed by atoms with E-state index in [-0.39, 0.29) is 5.75 Å². The van der Waals surface area contributed by atoms with Gasteiger partial charge in [0.1, 0.15) is 5.75 Å². The molecule has 5 aromatic rings. The summed E-state index contributed by atoms with van der Waals surface area (Å²) in [5, 5.41) is 15.0. The number of fused-ring (bicyclic) bond motifs is 5. The highest BCUT2D eigenvalue weighted by molar-refractivity contribution is 6.34. The lowest BCUT2D eigenvalue weighted by molar-refractivity contribution is 0.476. The fourth-order valence-electron chi connectivity index (χ4n) is 3.97. The summed E-state index contributed by atoms with van der Waals surface area (Å²) in [5.74, 6) is 2.99. The third-order valence-corrected chi connectivity index (χ3v) is 5.42. The molecule has 0 radical (unpaired) electrons. The lowest BCUT2D eigenvalue weighted by Gasteiger charge is -2.09. The van der Waals surface area contributed by atoms with E-state index in [0.29, 0.717) is 11.6 Å². The molecule has 27 heavy (non-hydrogen) atoms. The minimum atomic E-state index is 0.237. The van der Waals surface area contributed by atoms with Gasteiger partial charge < -0.3 is 14.7 Å². The highest BCUT2D eigenvalue weighted by Gasteiger charge is 2.18. The first kappa shape index (κ1) is 15.9. The second kappa shape index (κ2) is 5.84. The van der Waals surface area contributed by atoms with Crippen molar-refractivity contribution in [2.24, 2.45) is 0 Å². The van der Waals surface area contributed by atoms with E-state index in [1.165, 1.54) is 0 Å². The zero-order valence-electron chi connectivity index (χ0n) is 14.3. The van der Waals surface area contributed by atoms with E-state index in [4.69, 9.17) is 18.0 Å². The van der Waals surface area contributed by atoms with Gasteiger partial charge in [-0.2, -0.15) is 0 Å². The van der Waals surface area contributed by atoms with Crippen molar-refractivity contribution < 1.29 is 5.11 Å². The van der Waals surface area contributed by atoms with Gasteiger partial charge in [-0.1, -0.05) is 35.7 Å². The fourth-order valence-corrected chi connectivity index (χ4v) is 4.21. The number of phenols is 1. The Morgan fingerprint density at radius 2 is 1.78 bits per heavy atom. The van der Waals surface area contributed by atoms with Crippen molar-refractivity contribution in [1.29, 1.82) is 0 Å². The van der Waals surface area contributed by atoms with E-state index in [1.807, 2.05) is 42.7 Å². The molecule has 3 aromatic carbocycles. The third-order valence-electron chi connectivity index (χ3n) is 5.09. The molecule has 4 heteroatoms. The van der Waals surface area contributed by atoms with Gasteiger partial charge in [-0.15, -0.1) is 6.42 Å². The van der Waals surface area contributed by atoms with Gasteiger partial charge in [0.15, 0.2) is 0 Å². The van der Waals surface area contributed by atoms with Crippen molar-refractivity contribution in [3.8, 4) is 29.2 Å². The summed E-state index contributed by atoms with van der Waals surface area (Å²) in [6.45, 7) is 0.447. The van der Waals surface area contributed by atoms with Crippen LogP contribution >= 0.6 is 11.6 Å². The Hall–Kier alpha value is -3.35. The average Bonchev–Trinajstić information content (AvgIpc) is 3.25. The number of H-pyrrole nitrogens is 1. The number of aromatic amines is 1. The van der Waals surface area contributed by atoms with E-state index in [2.05, 4.69) is 21.5 Å². The molecule has 2 heterocycles. The fraction of sp³-hybridized carbons (Fsp3) is 0.0435. The van der Waals surface area contributed by atoms with Gasteiger partial charge >= 0.3 is 0 Å². The molecule has 130 valence electrons.